The second kappa shape index (κ2) is 6.90. The van der Waals surface area contributed by atoms with Gasteiger partial charge in [0.1, 0.15) is 13.1 Å². The number of benzene rings is 1. The van der Waals surface area contributed by atoms with E-state index in [9.17, 15) is 5.21 Å². The van der Waals surface area contributed by atoms with Crippen molar-refractivity contribution in [2.45, 2.75) is 13.8 Å². The predicted molar refractivity (Wildman–Crippen MR) is 70.0 cm³/mol. The van der Waals surface area contributed by atoms with Crippen LogP contribution < -0.4 is 10.4 Å². The molecule has 0 aliphatic rings. The van der Waals surface area contributed by atoms with E-state index >= 15 is 0 Å². The van der Waals surface area contributed by atoms with Crippen molar-refractivity contribution in [3.63, 3.8) is 0 Å². The maximum Gasteiger partial charge on any atom is 0.188 e. The van der Waals surface area contributed by atoms with E-state index in [1.807, 2.05) is 38.1 Å². The van der Waals surface area contributed by atoms with Gasteiger partial charge in [-0.1, -0.05) is 12.1 Å². The normalized spacial score (nSPS) is 10.1. The summed E-state index contributed by atoms with van der Waals surface area (Å²) in [7, 11) is 0. The molecule has 0 fully saturated rings. The minimum Gasteiger partial charge on any atom is -0.394 e. The molecule has 0 bridgehead atoms. The zero-order valence-corrected chi connectivity index (χ0v) is 10.6. The highest BCUT2D eigenvalue weighted by Crippen LogP contribution is 2.26. The molecule has 1 rings (SSSR count). The van der Waals surface area contributed by atoms with Crippen LogP contribution >= 0.6 is 24.8 Å². The van der Waals surface area contributed by atoms with Crippen LogP contribution in [-0.4, -0.2) is 18.3 Å². The van der Waals surface area contributed by atoms with Gasteiger partial charge in [0.15, 0.2) is 5.69 Å². The van der Waals surface area contributed by atoms with Crippen LogP contribution in [-0.2, 0) is 0 Å². The molecule has 3 N–H and O–H groups in total. The number of hydrogen-bond donors (Lipinski definition) is 2. The Kier molecular flexibility index (Phi) is 7.79. The molecule has 5 heteroatoms. The monoisotopic (exact) mass is 253 g/mol. The van der Waals surface area contributed by atoms with E-state index in [1.165, 1.54) is 0 Å². The predicted octanol–water partition coefficient (Wildman–Crippen LogP) is 2.85. The molecule has 3 nitrogen and oxygen atoms in total. The van der Waals surface area contributed by atoms with Crippen molar-refractivity contribution in [1.82, 2.24) is 4.65 Å². The summed E-state index contributed by atoms with van der Waals surface area (Å²) in [6.07, 6.45) is 0. The van der Waals surface area contributed by atoms with Crippen molar-refractivity contribution in [2.24, 2.45) is 0 Å². The van der Waals surface area contributed by atoms with E-state index in [0.29, 0.717) is 18.8 Å². The van der Waals surface area contributed by atoms with Crippen LogP contribution in [0.3, 0.4) is 0 Å². The lowest BCUT2D eigenvalue weighted by molar-refractivity contribution is -0.0703. The first kappa shape index (κ1) is 16.9. The third kappa shape index (κ3) is 3.54. The Bertz CT molecular complexity index is 291. The second-order valence-corrected chi connectivity index (χ2v) is 3.11. The number of para-hydroxylation sites is 2. The zero-order chi connectivity index (χ0) is 9.90. The van der Waals surface area contributed by atoms with Gasteiger partial charge < -0.3 is 5.73 Å². The topological polar surface area (TPSA) is 46.2 Å². The van der Waals surface area contributed by atoms with Crippen LogP contribution in [0.25, 0.3) is 0 Å². The number of halogens is 2. The van der Waals surface area contributed by atoms with Crippen LogP contribution in [0.1, 0.15) is 13.8 Å². The molecule has 0 aliphatic carbocycles. The summed E-state index contributed by atoms with van der Waals surface area (Å²) >= 11 is 0. The standard InChI is InChI=1S/C10H17N2O.2ClH/c1-3-12(13,4-2)10-8-6-5-7-9(10)11;;/h5-8,13H,3-4,11H2,1-2H3;2*1H/q+1;;. The molecule has 0 aliphatic heterocycles. The molecule has 1 aromatic carbocycles. The van der Waals surface area contributed by atoms with E-state index in [4.69, 9.17) is 5.73 Å². The van der Waals surface area contributed by atoms with Gasteiger partial charge in [0.05, 0.1) is 5.69 Å². The molecular formula is C10H19Cl2N2O+. The number of nitrogen functional groups attached to an aromatic ring is 1. The Labute approximate surface area is 103 Å². The maximum atomic E-state index is 10.1. The minimum absolute atomic E-state index is 0. The van der Waals surface area contributed by atoms with E-state index in [-0.39, 0.29) is 29.5 Å². The molecule has 0 spiro atoms. The Balaban J connectivity index is 0. The van der Waals surface area contributed by atoms with E-state index in [1.54, 1.807) is 0 Å². The smallest absolute Gasteiger partial charge is 0.188 e. The van der Waals surface area contributed by atoms with Gasteiger partial charge in [-0.05, 0) is 19.9 Å². The van der Waals surface area contributed by atoms with E-state index in [0.717, 1.165) is 5.69 Å². The van der Waals surface area contributed by atoms with Gasteiger partial charge in [0.2, 0.25) is 0 Å². The first-order chi connectivity index (χ1) is 6.14. The highest BCUT2D eigenvalue weighted by Gasteiger charge is 2.26. The molecule has 88 valence electrons. The molecule has 0 atom stereocenters. The quantitative estimate of drug-likeness (QED) is 0.495. The van der Waals surface area contributed by atoms with E-state index < -0.39 is 0 Å². The average Bonchev–Trinajstić information content (AvgIpc) is 2.17. The summed E-state index contributed by atoms with van der Waals surface area (Å²) in [5.41, 5.74) is 7.21. The molecular weight excluding hydrogens is 235 g/mol. The number of nitrogens with two attached hydrogens (primary N) is 1. The Hall–Kier alpha value is -0.480. The molecule has 0 unspecified atom stereocenters. The van der Waals surface area contributed by atoms with Crippen molar-refractivity contribution in [2.75, 3.05) is 18.8 Å². The lowest BCUT2D eigenvalue weighted by Crippen LogP contribution is -2.45. The van der Waals surface area contributed by atoms with Crippen molar-refractivity contribution in [3.8, 4) is 0 Å². The van der Waals surface area contributed by atoms with Crippen LogP contribution in [0.2, 0.25) is 0 Å². The summed E-state index contributed by atoms with van der Waals surface area (Å²) in [5.74, 6) is 0. The van der Waals surface area contributed by atoms with Crippen molar-refractivity contribution >= 4 is 36.2 Å². The summed E-state index contributed by atoms with van der Waals surface area (Å²) in [4.78, 5) is 0. The van der Waals surface area contributed by atoms with Gasteiger partial charge >= 0.3 is 0 Å². The summed E-state index contributed by atoms with van der Waals surface area (Å²) < 4.78 is -0.0906. The molecule has 0 radical (unpaired) electrons. The number of nitrogens with zero attached hydrogens (tertiary/aromatic N) is 1. The number of hydrogen-bond acceptors (Lipinski definition) is 2. The Morgan fingerprint density at radius 3 is 2.00 bits per heavy atom. The molecule has 0 aromatic heterocycles. The van der Waals surface area contributed by atoms with Gasteiger partial charge in [-0.2, -0.15) is 0 Å². The highest BCUT2D eigenvalue weighted by atomic mass is 35.5. The highest BCUT2D eigenvalue weighted by molar-refractivity contribution is 5.85. The first-order valence-corrected chi connectivity index (χ1v) is 4.59. The van der Waals surface area contributed by atoms with Crippen molar-refractivity contribution < 1.29 is 5.21 Å². The SMILES string of the molecule is CC[N+](O)(CC)c1ccccc1N.Cl.Cl. The van der Waals surface area contributed by atoms with Gasteiger partial charge in [-0.15, -0.1) is 29.5 Å². The lowest BCUT2D eigenvalue weighted by Gasteiger charge is -2.27. The fourth-order valence-corrected chi connectivity index (χ4v) is 1.43. The molecule has 0 heterocycles. The zero-order valence-electron chi connectivity index (χ0n) is 9.01. The fourth-order valence-electron chi connectivity index (χ4n) is 1.43. The Morgan fingerprint density at radius 1 is 1.13 bits per heavy atom. The third-order valence-electron chi connectivity index (χ3n) is 2.43. The van der Waals surface area contributed by atoms with Crippen LogP contribution in [0.5, 0.6) is 0 Å². The van der Waals surface area contributed by atoms with E-state index in [2.05, 4.69) is 0 Å². The van der Waals surface area contributed by atoms with Crippen LogP contribution in [0.4, 0.5) is 11.4 Å². The molecule has 0 saturated carbocycles. The first-order valence-electron chi connectivity index (χ1n) is 4.59. The minimum atomic E-state index is -0.0906. The average molecular weight is 254 g/mol. The number of hydroxylamine groups is 2. The van der Waals surface area contributed by atoms with Crippen LogP contribution in [0.15, 0.2) is 24.3 Å². The van der Waals surface area contributed by atoms with Gasteiger partial charge in [0.25, 0.3) is 0 Å². The second-order valence-electron chi connectivity index (χ2n) is 3.11. The number of anilines is 1. The summed E-state index contributed by atoms with van der Waals surface area (Å²) in [6.45, 7) is 5.14. The fraction of sp³-hybridized carbons (Fsp3) is 0.400. The maximum absolute atomic E-state index is 10.1. The molecule has 1 aromatic rings. The number of rotatable bonds is 3. The third-order valence-corrected chi connectivity index (χ3v) is 2.43. The molecule has 0 saturated heterocycles. The van der Waals surface area contributed by atoms with Crippen molar-refractivity contribution in [1.29, 1.82) is 0 Å². The summed E-state index contributed by atoms with van der Waals surface area (Å²) in [5, 5.41) is 10.1. The lowest BCUT2D eigenvalue weighted by atomic mass is 10.2. The van der Waals surface area contributed by atoms with Gasteiger partial charge in [-0.25, -0.2) is 5.21 Å². The van der Waals surface area contributed by atoms with Crippen LogP contribution in [0, 0.1) is 0 Å². The molecule has 0 amide bonds. The Morgan fingerprint density at radius 2 is 1.60 bits per heavy atom. The largest absolute Gasteiger partial charge is 0.394 e. The number of quaternary nitrogens is 1. The van der Waals surface area contributed by atoms with Gasteiger partial charge in [-0.3, -0.25) is 0 Å². The summed E-state index contributed by atoms with van der Waals surface area (Å²) in [6, 6.07) is 7.43. The van der Waals surface area contributed by atoms with Gasteiger partial charge in [0, 0.05) is 6.07 Å². The molecule has 15 heavy (non-hydrogen) atoms. The van der Waals surface area contributed by atoms with Crippen molar-refractivity contribution in [3.05, 3.63) is 24.3 Å².